The summed E-state index contributed by atoms with van der Waals surface area (Å²) in [7, 11) is -3.20. The van der Waals surface area contributed by atoms with Crippen molar-refractivity contribution in [1.82, 2.24) is 4.31 Å². The third kappa shape index (κ3) is 4.37. The molecule has 0 unspecified atom stereocenters. The summed E-state index contributed by atoms with van der Waals surface area (Å²) < 4.78 is 27.0. The molecule has 0 aliphatic carbocycles. The lowest BCUT2D eigenvalue weighted by Gasteiger charge is -2.31. The van der Waals surface area contributed by atoms with Crippen LogP contribution in [0.5, 0.6) is 0 Å². The Labute approximate surface area is 142 Å². The van der Waals surface area contributed by atoms with E-state index in [0.717, 1.165) is 11.3 Å². The van der Waals surface area contributed by atoms with Crippen molar-refractivity contribution < 1.29 is 8.42 Å². The van der Waals surface area contributed by atoms with Gasteiger partial charge in [-0.1, -0.05) is 60.7 Å². The molecule has 2 aromatic carbocycles. The molecular weight excluding hydrogens is 326 g/mol. The number of rotatable bonds is 5. The maximum atomic E-state index is 12.7. The number of sulfonamides is 1. The van der Waals surface area contributed by atoms with Crippen LogP contribution < -0.4 is 0 Å². The summed E-state index contributed by atoms with van der Waals surface area (Å²) in [6.07, 6.45) is 0.572. The van der Waals surface area contributed by atoms with E-state index in [1.165, 1.54) is 5.56 Å². The van der Waals surface area contributed by atoms with Gasteiger partial charge in [0.2, 0.25) is 10.0 Å². The lowest BCUT2D eigenvalue weighted by atomic mass is 10.1. The molecule has 0 radical (unpaired) electrons. The predicted molar refractivity (Wildman–Crippen MR) is 97.1 cm³/mol. The van der Waals surface area contributed by atoms with Crippen LogP contribution >= 0.6 is 11.8 Å². The first-order chi connectivity index (χ1) is 11.1. The molecule has 1 heterocycles. The molecule has 122 valence electrons. The minimum Gasteiger partial charge on any atom is -0.212 e. The standard InChI is InChI=1S/C18H21NO2S2/c20-23(21,14-11-16-7-3-1-4-8-16)19-12-13-22-18(15-19)17-9-5-2-6-10-17/h1-10,18H,11-15H2/t18-/m1/s1. The van der Waals surface area contributed by atoms with Crippen molar-refractivity contribution in [3.63, 3.8) is 0 Å². The highest BCUT2D eigenvalue weighted by Gasteiger charge is 2.29. The largest absolute Gasteiger partial charge is 0.214 e. The molecule has 1 fully saturated rings. The van der Waals surface area contributed by atoms with E-state index in [9.17, 15) is 8.42 Å². The first kappa shape index (κ1) is 16.6. The van der Waals surface area contributed by atoms with Gasteiger partial charge in [-0.15, -0.1) is 0 Å². The Morgan fingerprint density at radius 1 is 1.00 bits per heavy atom. The van der Waals surface area contributed by atoms with E-state index in [0.29, 0.717) is 19.5 Å². The number of benzene rings is 2. The Morgan fingerprint density at radius 3 is 2.35 bits per heavy atom. The molecule has 2 aromatic rings. The van der Waals surface area contributed by atoms with E-state index in [1.807, 2.05) is 60.3 Å². The molecule has 0 N–H and O–H groups in total. The second-order valence-electron chi connectivity index (χ2n) is 5.68. The summed E-state index contributed by atoms with van der Waals surface area (Å²) in [6, 6.07) is 20.0. The lowest BCUT2D eigenvalue weighted by molar-refractivity contribution is 0.421. The normalized spacial score (nSPS) is 19.6. The van der Waals surface area contributed by atoms with Crippen molar-refractivity contribution in [2.24, 2.45) is 0 Å². The average molecular weight is 348 g/mol. The van der Waals surface area contributed by atoms with Gasteiger partial charge in [-0.2, -0.15) is 16.1 Å². The van der Waals surface area contributed by atoms with Crippen LogP contribution in [-0.4, -0.2) is 37.3 Å². The molecule has 3 nitrogen and oxygen atoms in total. The fourth-order valence-electron chi connectivity index (χ4n) is 2.77. The highest BCUT2D eigenvalue weighted by molar-refractivity contribution is 7.99. The fourth-order valence-corrected chi connectivity index (χ4v) is 5.72. The first-order valence-electron chi connectivity index (χ1n) is 7.83. The van der Waals surface area contributed by atoms with E-state index in [1.54, 1.807) is 4.31 Å². The van der Waals surface area contributed by atoms with Gasteiger partial charge >= 0.3 is 0 Å². The van der Waals surface area contributed by atoms with Gasteiger partial charge in [0.25, 0.3) is 0 Å². The van der Waals surface area contributed by atoms with E-state index in [-0.39, 0.29) is 11.0 Å². The molecule has 23 heavy (non-hydrogen) atoms. The number of aryl methyl sites for hydroxylation is 1. The topological polar surface area (TPSA) is 37.4 Å². The Bertz CT molecular complexity index is 717. The molecule has 1 saturated heterocycles. The summed E-state index contributed by atoms with van der Waals surface area (Å²) in [6.45, 7) is 1.19. The quantitative estimate of drug-likeness (QED) is 0.832. The van der Waals surface area contributed by atoms with Crippen LogP contribution in [0.15, 0.2) is 60.7 Å². The van der Waals surface area contributed by atoms with Gasteiger partial charge < -0.3 is 0 Å². The van der Waals surface area contributed by atoms with Crippen LogP contribution in [0.4, 0.5) is 0 Å². The van der Waals surface area contributed by atoms with Gasteiger partial charge in [0.15, 0.2) is 0 Å². The Balaban J connectivity index is 1.65. The summed E-state index contributed by atoms with van der Waals surface area (Å²) in [5.74, 6) is 1.04. The molecule has 1 aliphatic heterocycles. The minimum atomic E-state index is -3.20. The predicted octanol–water partition coefficient (Wildman–Crippen LogP) is 3.35. The monoisotopic (exact) mass is 347 g/mol. The molecule has 0 saturated carbocycles. The summed E-state index contributed by atoms with van der Waals surface area (Å²) in [5.41, 5.74) is 2.28. The van der Waals surface area contributed by atoms with Crippen molar-refractivity contribution in [2.75, 3.05) is 24.6 Å². The van der Waals surface area contributed by atoms with Crippen LogP contribution in [0.2, 0.25) is 0 Å². The molecule has 0 spiro atoms. The minimum absolute atomic E-state index is 0.184. The number of hydrogen-bond donors (Lipinski definition) is 0. The molecule has 1 atom stereocenters. The number of nitrogens with zero attached hydrogens (tertiary/aromatic N) is 1. The van der Waals surface area contributed by atoms with E-state index < -0.39 is 10.0 Å². The van der Waals surface area contributed by atoms with Crippen LogP contribution in [0.25, 0.3) is 0 Å². The Hall–Kier alpha value is -1.30. The maximum absolute atomic E-state index is 12.7. The second-order valence-corrected chi connectivity index (χ2v) is 9.08. The highest BCUT2D eigenvalue weighted by Crippen LogP contribution is 2.34. The molecule has 0 bridgehead atoms. The van der Waals surface area contributed by atoms with Gasteiger partial charge in [0.05, 0.1) is 5.75 Å². The van der Waals surface area contributed by atoms with Gasteiger partial charge in [-0.05, 0) is 17.5 Å². The van der Waals surface area contributed by atoms with Crippen LogP contribution in [0.1, 0.15) is 16.4 Å². The lowest BCUT2D eigenvalue weighted by Crippen LogP contribution is -2.40. The zero-order chi connectivity index (χ0) is 16.1. The van der Waals surface area contributed by atoms with Crippen molar-refractivity contribution in [1.29, 1.82) is 0 Å². The van der Waals surface area contributed by atoms with Gasteiger partial charge in [0, 0.05) is 24.1 Å². The van der Waals surface area contributed by atoms with Crippen molar-refractivity contribution >= 4 is 21.8 Å². The molecule has 0 aromatic heterocycles. The SMILES string of the molecule is O=S(=O)(CCc1ccccc1)N1CCS[C@@H](c2ccccc2)C1. The summed E-state index contributed by atoms with van der Waals surface area (Å²) >= 11 is 1.84. The summed E-state index contributed by atoms with van der Waals surface area (Å²) in [4.78, 5) is 0. The zero-order valence-corrected chi connectivity index (χ0v) is 14.6. The zero-order valence-electron chi connectivity index (χ0n) is 13.0. The summed E-state index contributed by atoms with van der Waals surface area (Å²) in [5, 5.41) is 0.233. The third-order valence-corrected chi connectivity index (χ3v) is 7.17. The van der Waals surface area contributed by atoms with Crippen LogP contribution in [0, 0.1) is 0 Å². The van der Waals surface area contributed by atoms with Gasteiger partial charge in [-0.3, -0.25) is 0 Å². The maximum Gasteiger partial charge on any atom is 0.214 e. The van der Waals surface area contributed by atoms with Crippen molar-refractivity contribution in [2.45, 2.75) is 11.7 Å². The molecule has 0 amide bonds. The smallest absolute Gasteiger partial charge is 0.212 e. The molecule has 1 aliphatic rings. The van der Waals surface area contributed by atoms with E-state index in [2.05, 4.69) is 12.1 Å². The van der Waals surface area contributed by atoms with Gasteiger partial charge in [0.1, 0.15) is 0 Å². The number of thioether (sulfide) groups is 1. The third-order valence-electron chi connectivity index (χ3n) is 4.09. The van der Waals surface area contributed by atoms with Crippen LogP contribution in [-0.2, 0) is 16.4 Å². The van der Waals surface area contributed by atoms with E-state index in [4.69, 9.17) is 0 Å². The first-order valence-corrected chi connectivity index (χ1v) is 10.5. The Morgan fingerprint density at radius 2 is 1.65 bits per heavy atom. The fraction of sp³-hybridized carbons (Fsp3) is 0.333. The van der Waals surface area contributed by atoms with Crippen molar-refractivity contribution in [3.05, 3.63) is 71.8 Å². The highest BCUT2D eigenvalue weighted by atomic mass is 32.2. The average Bonchev–Trinajstić information content (AvgIpc) is 2.62. The van der Waals surface area contributed by atoms with Gasteiger partial charge in [-0.25, -0.2) is 8.42 Å². The number of hydrogen-bond acceptors (Lipinski definition) is 3. The Kier molecular flexibility index (Phi) is 5.41. The van der Waals surface area contributed by atoms with Crippen LogP contribution in [0.3, 0.4) is 0 Å². The molecule has 3 rings (SSSR count). The molecule has 5 heteroatoms. The van der Waals surface area contributed by atoms with Crippen molar-refractivity contribution in [3.8, 4) is 0 Å². The van der Waals surface area contributed by atoms with E-state index >= 15 is 0 Å². The second kappa shape index (κ2) is 7.51. The molecular formula is C18H21NO2S2.